The van der Waals surface area contributed by atoms with Gasteiger partial charge < -0.3 is 28.6 Å². The monoisotopic (exact) mass is 822 g/mol. The van der Waals surface area contributed by atoms with Gasteiger partial charge in [-0.05, 0) is 83.5 Å². The van der Waals surface area contributed by atoms with Crippen LogP contribution in [-0.4, -0.2) is 75.5 Å². The molecule has 0 aliphatic heterocycles. The fourth-order valence-electron chi connectivity index (χ4n) is 5.95. The molecule has 0 bridgehead atoms. The molecule has 2 atom stereocenters. The lowest BCUT2D eigenvalue weighted by molar-refractivity contribution is -0.889. The molecule has 8 heteroatoms. The summed E-state index contributed by atoms with van der Waals surface area (Å²) in [7, 11) is 5.37. The molecule has 0 aromatic rings. The fourth-order valence-corrected chi connectivity index (χ4v) is 5.95. The summed E-state index contributed by atoms with van der Waals surface area (Å²) >= 11 is 0. The lowest BCUT2D eigenvalue weighted by Crippen LogP contribution is -2.55. The van der Waals surface area contributed by atoms with Gasteiger partial charge in [-0.1, -0.05) is 150 Å². The zero-order valence-corrected chi connectivity index (χ0v) is 37.9. The number of carboxylic acids is 1. The van der Waals surface area contributed by atoms with E-state index in [2.05, 4.69) is 111 Å². The second kappa shape index (κ2) is 41.0. The maximum absolute atomic E-state index is 12.7. The number of carboxylic acid groups (broad SMARTS) is 1. The van der Waals surface area contributed by atoms with Crippen molar-refractivity contribution in [2.75, 3.05) is 41.0 Å². The van der Waals surface area contributed by atoms with Gasteiger partial charge in [-0.3, -0.25) is 9.59 Å². The van der Waals surface area contributed by atoms with Crippen LogP contribution < -0.4 is 5.11 Å². The largest absolute Gasteiger partial charge is 0.544 e. The Bertz CT molecular complexity index is 1280. The first-order valence-electron chi connectivity index (χ1n) is 22.8. The summed E-state index contributed by atoms with van der Waals surface area (Å²) in [5, 5.41) is 11.6. The number of carbonyl (C=O) groups is 3. The molecule has 0 saturated heterocycles. The summed E-state index contributed by atoms with van der Waals surface area (Å²) in [5.41, 5.74) is 0. The SMILES string of the molecule is CC/C=C/C/C=C/C/C=C/C/C=C/C/C=C/C/C=C/CCCC(=O)OCC(COCCC(C(=O)[O-])[N+](C)(C)C)OC(=O)CCCCCCCC/C=C/C=C/CCCCC. The van der Waals surface area contributed by atoms with Crippen LogP contribution in [0.25, 0.3) is 0 Å². The van der Waals surface area contributed by atoms with Gasteiger partial charge in [0.2, 0.25) is 0 Å². The number of carbonyl (C=O) groups excluding carboxylic acids is 3. The summed E-state index contributed by atoms with van der Waals surface area (Å²) in [6.45, 7) is 4.42. The number of allylic oxidation sites excluding steroid dienone is 16. The number of aliphatic carboxylic acids is 1. The second-order valence-electron chi connectivity index (χ2n) is 15.9. The van der Waals surface area contributed by atoms with Gasteiger partial charge in [0.1, 0.15) is 12.6 Å². The molecule has 8 nitrogen and oxygen atoms in total. The molecule has 0 aliphatic rings. The average Bonchev–Trinajstić information content (AvgIpc) is 3.19. The standard InChI is InChI=1S/C51H83NO7/c1-6-8-10-12-14-16-18-20-22-23-24-25-26-28-29-31-33-35-37-39-41-49(53)58-46-47(45-57-44-43-48(51(55)56)52(3,4)5)59-50(54)42-40-38-36-34-32-30-27-21-19-17-15-13-11-9-7-2/h8,10,14-17,19-22,24-25,28-29,33,35,47-48H,6-7,9,11-13,18,23,26-27,30-32,34,36-46H2,1-5H3/b10-8+,16-14+,17-15+,21-19+,22-20+,25-24+,29-28+,35-33+. The first-order valence-corrected chi connectivity index (χ1v) is 22.8. The molecular formula is C51H83NO7. The van der Waals surface area contributed by atoms with Gasteiger partial charge in [0.25, 0.3) is 0 Å². The minimum Gasteiger partial charge on any atom is -0.544 e. The number of quaternary nitrogens is 1. The number of unbranched alkanes of at least 4 members (excludes halogenated alkanes) is 10. The van der Waals surface area contributed by atoms with Gasteiger partial charge in [0.05, 0.1) is 40.3 Å². The maximum atomic E-state index is 12.7. The highest BCUT2D eigenvalue weighted by molar-refractivity contribution is 5.70. The van der Waals surface area contributed by atoms with Crippen molar-refractivity contribution in [3.05, 3.63) is 97.2 Å². The van der Waals surface area contributed by atoms with E-state index in [1.807, 2.05) is 0 Å². The molecule has 0 radical (unpaired) electrons. The highest BCUT2D eigenvalue weighted by atomic mass is 16.6. The van der Waals surface area contributed by atoms with Gasteiger partial charge in [-0.15, -0.1) is 0 Å². The van der Waals surface area contributed by atoms with Crippen LogP contribution in [0.2, 0.25) is 0 Å². The number of ether oxygens (including phenoxy) is 3. The lowest BCUT2D eigenvalue weighted by Gasteiger charge is -2.34. The van der Waals surface area contributed by atoms with E-state index in [1.165, 1.54) is 32.1 Å². The molecule has 0 heterocycles. The van der Waals surface area contributed by atoms with E-state index < -0.39 is 18.1 Å². The number of hydrogen-bond donors (Lipinski definition) is 0. The van der Waals surface area contributed by atoms with Gasteiger partial charge in [0, 0.05) is 19.3 Å². The van der Waals surface area contributed by atoms with E-state index in [9.17, 15) is 19.5 Å². The zero-order chi connectivity index (χ0) is 43.5. The van der Waals surface area contributed by atoms with Crippen molar-refractivity contribution in [2.45, 2.75) is 167 Å². The summed E-state index contributed by atoms with van der Waals surface area (Å²) in [5.74, 6) is -1.84. The molecule has 334 valence electrons. The molecule has 0 aromatic heterocycles. The van der Waals surface area contributed by atoms with Crippen LogP contribution in [0.5, 0.6) is 0 Å². The topological polar surface area (TPSA) is 102 Å². The van der Waals surface area contributed by atoms with Gasteiger partial charge >= 0.3 is 11.9 Å². The average molecular weight is 822 g/mol. The van der Waals surface area contributed by atoms with E-state index in [0.717, 1.165) is 83.5 Å². The Morgan fingerprint density at radius 3 is 1.54 bits per heavy atom. The van der Waals surface area contributed by atoms with E-state index in [0.29, 0.717) is 6.42 Å². The highest BCUT2D eigenvalue weighted by Gasteiger charge is 2.25. The predicted molar refractivity (Wildman–Crippen MR) is 245 cm³/mol. The third kappa shape index (κ3) is 39.5. The third-order valence-electron chi connectivity index (χ3n) is 9.48. The summed E-state index contributed by atoms with van der Waals surface area (Å²) in [4.78, 5) is 36.9. The van der Waals surface area contributed by atoms with E-state index in [1.54, 1.807) is 21.1 Å². The number of likely N-dealkylation sites (N-methyl/N-ethyl adjacent to an activating group) is 1. The third-order valence-corrected chi connectivity index (χ3v) is 9.48. The van der Waals surface area contributed by atoms with E-state index in [4.69, 9.17) is 14.2 Å². The second-order valence-corrected chi connectivity index (χ2v) is 15.9. The van der Waals surface area contributed by atoms with Gasteiger partial charge in [-0.2, -0.15) is 0 Å². The van der Waals surface area contributed by atoms with Crippen LogP contribution in [0.15, 0.2) is 97.2 Å². The minimum absolute atomic E-state index is 0.0115. The Labute approximate surface area is 360 Å². The van der Waals surface area contributed by atoms with Crippen molar-refractivity contribution >= 4 is 17.9 Å². The van der Waals surface area contributed by atoms with Crippen LogP contribution in [0.3, 0.4) is 0 Å². The Kier molecular flexibility index (Phi) is 38.4. The summed E-state index contributed by atoms with van der Waals surface area (Å²) < 4.78 is 17.1. The maximum Gasteiger partial charge on any atom is 0.306 e. The van der Waals surface area contributed by atoms with Gasteiger partial charge in [0.15, 0.2) is 6.10 Å². The predicted octanol–water partition coefficient (Wildman–Crippen LogP) is 11.4. The first kappa shape index (κ1) is 55.2. The van der Waals surface area contributed by atoms with Crippen molar-refractivity contribution < 1.29 is 38.2 Å². The van der Waals surface area contributed by atoms with Crippen LogP contribution in [0, 0.1) is 0 Å². The van der Waals surface area contributed by atoms with E-state index in [-0.39, 0.29) is 55.5 Å². The van der Waals surface area contributed by atoms with Crippen molar-refractivity contribution in [1.29, 1.82) is 0 Å². The molecule has 0 amide bonds. The van der Waals surface area contributed by atoms with Crippen LogP contribution in [0.4, 0.5) is 0 Å². The fraction of sp³-hybridized carbons (Fsp3) is 0.627. The van der Waals surface area contributed by atoms with Crippen molar-refractivity contribution in [3.8, 4) is 0 Å². The van der Waals surface area contributed by atoms with Crippen molar-refractivity contribution in [2.24, 2.45) is 0 Å². The molecule has 0 N–H and O–H groups in total. The molecule has 0 rings (SSSR count). The Balaban J connectivity index is 4.47. The smallest absolute Gasteiger partial charge is 0.306 e. The molecule has 59 heavy (non-hydrogen) atoms. The normalized spacial score (nSPS) is 13.8. The number of nitrogens with zero attached hydrogens (tertiary/aromatic N) is 1. The Morgan fingerprint density at radius 2 is 1.02 bits per heavy atom. The summed E-state index contributed by atoms with van der Waals surface area (Å²) in [6.07, 6.45) is 54.3. The molecule has 2 unspecified atom stereocenters. The molecule has 0 aliphatic carbocycles. The van der Waals surface area contributed by atoms with Crippen LogP contribution in [-0.2, 0) is 28.6 Å². The number of esters is 2. The quantitative estimate of drug-likeness (QED) is 0.0200. The Hall–Kier alpha value is -3.75. The lowest BCUT2D eigenvalue weighted by atomic mass is 10.1. The zero-order valence-electron chi connectivity index (χ0n) is 37.9. The molecule has 0 fully saturated rings. The van der Waals surface area contributed by atoms with Crippen molar-refractivity contribution in [3.63, 3.8) is 0 Å². The highest BCUT2D eigenvalue weighted by Crippen LogP contribution is 2.12. The molecular weight excluding hydrogens is 739 g/mol. The van der Waals surface area contributed by atoms with Crippen LogP contribution >= 0.6 is 0 Å². The number of rotatable bonds is 39. The number of hydrogen-bond acceptors (Lipinski definition) is 7. The molecule has 0 aromatic carbocycles. The van der Waals surface area contributed by atoms with E-state index >= 15 is 0 Å². The van der Waals surface area contributed by atoms with Crippen LogP contribution in [0.1, 0.15) is 155 Å². The Morgan fingerprint density at radius 1 is 0.542 bits per heavy atom. The first-order chi connectivity index (χ1) is 28.6. The molecule has 0 spiro atoms. The van der Waals surface area contributed by atoms with Gasteiger partial charge in [-0.25, -0.2) is 0 Å². The molecule has 0 saturated carbocycles. The minimum atomic E-state index is -1.14. The van der Waals surface area contributed by atoms with Crippen molar-refractivity contribution in [1.82, 2.24) is 0 Å². The summed E-state index contributed by atoms with van der Waals surface area (Å²) in [6, 6.07) is -0.742.